The number of likely N-dealkylation sites (tertiary alicyclic amines) is 1. The summed E-state index contributed by atoms with van der Waals surface area (Å²) >= 11 is 0. The molecule has 0 atom stereocenters. The Morgan fingerprint density at radius 3 is 2.60 bits per heavy atom. The first-order valence-electron chi connectivity index (χ1n) is 7.60. The molecule has 0 radical (unpaired) electrons. The van der Waals surface area contributed by atoms with E-state index in [0.717, 1.165) is 31.8 Å². The minimum Gasteiger partial charge on any atom is -0.472 e. The van der Waals surface area contributed by atoms with E-state index in [1.54, 1.807) is 18.6 Å². The van der Waals surface area contributed by atoms with Gasteiger partial charge in [-0.05, 0) is 45.3 Å². The maximum absolute atomic E-state index is 12.3. The van der Waals surface area contributed by atoms with Crippen molar-refractivity contribution in [3.8, 4) is 0 Å². The molecule has 4 nitrogen and oxygen atoms in total. The molecule has 1 amide bonds. The predicted molar refractivity (Wildman–Crippen MR) is 77.6 cm³/mol. The Morgan fingerprint density at radius 1 is 1.40 bits per heavy atom. The van der Waals surface area contributed by atoms with Gasteiger partial charge in [-0.3, -0.25) is 4.79 Å². The summed E-state index contributed by atoms with van der Waals surface area (Å²) < 4.78 is 5.01. The molecule has 2 heterocycles. The molecule has 0 unspecified atom stereocenters. The Morgan fingerprint density at radius 2 is 2.10 bits per heavy atom. The van der Waals surface area contributed by atoms with Crippen LogP contribution in [0.3, 0.4) is 0 Å². The van der Waals surface area contributed by atoms with Crippen molar-refractivity contribution in [1.29, 1.82) is 0 Å². The van der Waals surface area contributed by atoms with Crippen molar-refractivity contribution in [3.63, 3.8) is 0 Å². The Bertz CT molecular complexity index is 455. The SMILES string of the molecule is CN(C)C1(CC2CC2)CCN(C(=O)c2ccoc2)CC1. The fourth-order valence-electron chi connectivity index (χ4n) is 3.39. The van der Waals surface area contributed by atoms with Crippen molar-refractivity contribution in [2.75, 3.05) is 27.2 Å². The minimum absolute atomic E-state index is 0.109. The summed E-state index contributed by atoms with van der Waals surface area (Å²) in [5.41, 5.74) is 0.971. The number of nitrogens with zero attached hydrogens (tertiary/aromatic N) is 2. The van der Waals surface area contributed by atoms with Gasteiger partial charge in [-0.1, -0.05) is 12.8 Å². The second-order valence-corrected chi connectivity index (χ2v) is 6.57. The molecule has 1 aliphatic carbocycles. The Hall–Kier alpha value is -1.29. The molecule has 0 aromatic carbocycles. The number of hydrogen-bond acceptors (Lipinski definition) is 3. The third-order valence-corrected chi connectivity index (χ3v) is 5.06. The highest BCUT2D eigenvalue weighted by Crippen LogP contribution is 2.42. The molecule has 1 saturated heterocycles. The van der Waals surface area contributed by atoms with Crippen LogP contribution in [0.15, 0.2) is 23.0 Å². The molecule has 1 aliphatic heterocycles. The van der Waals surface area contributed by atoms with Crippen molar-refractivity contribution in [1.82, 2.24) is 9.80 Å². The van der Waals surface area contributed by atoms with Crippen molar-refractivity contribution < 1.29 is 9.21 Å². The first kappa shape index (κ1) is 13.7. The summed E-state index contributed by atoms with van der Waals surface area (Å²) in [5.74, 6) is 1.03. The summed E-state index contributed by atoms with van der Waals surface area (Å²) in [7, 11) is 4.38. The van der Waals surface area contributed by atoms with E-state index < -0.39 is 0 Å². The maximum atomic E-state index is 12.3. The van der Waals surface area contributed by atoms with Crippen molar-refractivity contribution in [2.24, 2.45) is 5.92 Å². The van der Waals surface area contributed by atoms with Crippen LogP contribution in [0, 0.1) is 5.92 Å². The number of carbonyl (C=O) groups excluding carboxylic acids is 1. The van der Waals surface area contributed by atoms with Crippen molar-refractivity contribution in [3.05, 3.63) is 24.2 Å². The lowest BCUT2D eigenvalue weighted by Crippen LogP contribution is -2.54. The average molecular weight is 276 g/mol. The summed E-state index contributed by atoms with van der Waals surface area (Å²) in [6.45, 7) is 1.71. The molecule has 2 aliphatic rings. The largest absolute Gasteiger partial charge is 0.472 e. The topological polar surface area (TPSA) is 36.7 Å². The quantitative estimate of drug-likeness (QED) is 0.848. The van der Waals surface area contributed by atoms with Crippen LogP contribution in [0.1, 0.15) is 42.5 Å². The molecule has 0 bridgehead atoms. The second-order valence-electron chi connectivity index (χ2n) is 6.57. The summed E-state index contributed by atoms with van der Waals surface area (Å²) in [4.78, 5) is 16.7. The number of carbonyl (C=O) groups is 1. The van der Waals surface area contributed by atoms with Crippen LogP contribution in [0.5, 0.6) is 0 Å². The summed E-state index contributed by atoms with van der Waals surface area (Å²) in [6.07, 6.45) is 9.36. The highest BCUT2D eigenvalue weighted by atomic mass is 16.3. The fraction of sp³-hybridized carbons (Fsp3) is 0.688. The lowest BCUT2D eigenvalue weighted by Gasteiger charge is -2.46. The third-order valence-electron chi connectivity index (χ3n) is 5.06. The van der Waals surface area contributed by atoms with Gasteiger partial charge in [-0.25, -0.2) is 0 Å². The van der Waals surface area contributed by atoms with Gasteiger partial charge in [-0.15, -0.1) is 0 Å². The first-order valence-corrected chi connectivity index (χ1v) is 7.60. The van der Waals surface area contributed by atoms with E-state index in [1.165, 1.54) is 19.3 Å². The van der Waals surface area contributed by atoms with E-state index >= 15 is 0 Å². The van der Waals surface area contributed by atoms with Gasteiger partial charge >= 0.3 is 0 Å². The maximum Gasteiger partial charge on any atom is 0.257 e. The highest BCUT2D eigenvalue weighted by molar-refractivity contribution is 5.93. The van der Waals surface area contributed by atoms with Gasteiger partial charge in [0.2, 0.25) is 0 Å². The van der Waals surface area contributed by atoms with E-state index in [4.69, 9.17) is 4.42 Å². The second kappa shape index (κ2) is 5.24. The van der Waals surface area contributed by atoms with Crippen LogP contribution in [0.4, 0.5) is 0 Å². The van der Waals surface area contributed by atoms with Gasteiger partial charge in [-0.2, -0.15) is 0 Å². The third kappa shape index (κ3) is 2.62. The van der Waals surface area contributed by atoms with Gasteiger partial charge in [0, 0.05) is 18.6 Å². The zero-order valence-electron chi connectivity index (χ0n) is 12.5. The van der Waals surface area contributed by atoms with E-state index in [0.29, 0.717) is 11.1 Å². The van der Waals surface area contributed by atoms with E-state index in [2.05, 4.69) is 19.0 Å². The molecule has 110 valence electrons. The molecule has 0 spiro atoms. The molecule has 1 saturated carbocycles. The standard InChI is InChI=1S/C16H24N2O2/c1-17(2)16(11-13-3-4-13)6-8-18(9-7-16)15(19)14-5-10-20-12-14/h5,10,12-13H,3-4,6-9,11H2,1-2H3. The number of piperidine rings is 1. The van der Waals surface area contributed by atoms with Crippen LogP contribution >= 0.6 is 0 Å². The normalized spacial score (nSPS) is 22.2. The van der Waals surface area contributed by atoms with Gasteiger partial charge < -0.3 is 14.2 Å². The summed E-state index contributed by atoms with van der Waals surface area (Å²) in [6, 6.07) is 1.75. The zero-order valence-corrected chi connectivity index (χ0v) is 12.5. The van der Waals surface area contributed by atoms with E-state index in [1.807, 2.05) is 4.90 Å². The van der Waals surface area contributed by atoms with Gasteiger partial charge in [0.25, 0.3) is 5.91 Å². The molecule has 2 fully saturated rings. The molecule has 3 rings (SSSR count). The number of hydrogen-bond donors (Lipinski definition) is 0. The van der Waals surface area contributed by atoms with Gasteiger partial charge in [0.1, 0.15) is 6.26 Å². The zero-order chi connectivity index (χ0) is 14.2. The molecular weight excluding hydrogens is 252 g/mol. The predicted octanol–water partition coefficient (Wildman–Crippen LogP) is 2.62. The lowest BCUT2D eigenvalue weighted by atomic mass is 9.81. The van der Waals surface area contributed by atoms with Crippen LogP contribution in [-0.4, -0.2) is 48.4 Å². The lowest BCUT2D eigenvalue weighted by molar-refractivity contribution is 0.0362. The van der Waals surface area contributed by atoms with Crippen molar-refractivity contribution >= 4 is 5.91 Å². The first-order chi connectivity index (χ1) is 9.61. The highest BCUT2D eigenvalue weighted by Gasteiger charge is 2.41. The molecule has 0 N–H and O–H groups in total. The molecule has 1 aromatic rings. The minimum atomic E-state index is 0.109. The smallest absolute Gasteiger partial charge is 0.257 e. The Balaban J connectivity index is 1.64. The van der Waals surface area contributed by atoms with Crippen LogP contribution in [-0.2, 0) is 0 Å². The summed E-state index contributed by atoms with van der Waals surface area (Å²) in [5, 5.41) is 0. The Labute approximate surface area is 120 Å². The van der Waals surface area contributed by atoms with Crippen LogP contribution in [0.2, 0.25) is 0 Å². The average Bonchev–Trinajstić information content (AvgIpc) is 3.08. The fourth-order valence-corrected chi connectivity index (χ4v) is 3.39. The van der Waals surface area contributed by atoms with E-state index in [-0.39, 0.29) is 5.91 Å². The monoisotopic (exact) mass is 276 g/mol. The van der Waals surface area contributed by atoms with Crippen molar-refractivity contribution in [2.45, 2.75) is 37.6 Å². The van der Waals surface area contributed by atoms with Gasteiger partial charge in [0.05, 0.1) is 11.8 Å². The Kier molecular flexibility index (Phi) is 3.59. The number of rotatable bonds is 4. The van der Waals surface area contributed by atoms with Crippen LogP contribution in [0.25, 0.3) is 0 Å². The molecule has 4 heteroatoms. The molecule has 20 heavy (non-hydrogen) atoms. The van der Waals surface area contributed by atoms with E-state index in [9.17, 15) is 4.79 Å². The number of amides is 1. The van der Waals surface area contributed by atoms with Gasteiger partial charge in [0.15, 0.2) is 0 Å². The molecule has 1 aromatic heterocycles. The molecular formula is C16H24N2O2. The number of furan rings is 1. The van der Waals surface area contributed by atoms with Crippen LogP contribution < -0.4 is 0 Å².